The number of halogens is 1. The fourth-order valence-corrected chi connectivity index (χ4v) is 5.01. The number of fused-ring (bicyclic) bond motifs is 3. The largest absolute Gasteiger partial charge is 0.456 e. The fourth-order valence-electron chi connectivity index (χ4n) is 4.83. The average molecular weight is 509 g/mol. The average Bonchev–Trinajstić information content (AvgIpc) is 3.48. The Labute approximate surface area is 217 Å². The van der Waals surface area contributed by atoms with E-state index in [4.69, 9.17) is 16.0 Å². The summed E-state index contributed by atoms with van der Waals surface area (Å²) < 4.78 is 5.92. The first-order valence-corrected chi connectivity index (χ1v) is 12.3. The summed E-state index contributed by atoms with van der Waals surface area (Å²) in [5.41, 5.74) is 3.31. The molecule has 37 heavy (non-hydrogen) atoms. The highest BCUT2D eigenvalue weighted by atomic mass is 35.5. The van der Waals surface area contributed by atoms with E-state index in [2.05, 4.69) is 5.32 Å². The van der Waals surface area contributed by atoms with E-state index >= 15 is 0 Å². The molecule has 1 aliphatic rings. The zero-order valence-electron chi connectivity index (χ0n) is 19.6. The van der Waals surface area contributed by atoms with E-state index in [9.17, 15) is 14.4 Å². The number of rotatable bonds is 5. The Hall–Kier alpha value is -4.42. The van der Waals surface area contributed by atoms with Crippen LogP contribution in [0.25, 0.3) is 21.9 Å². The van der Waals surface area contributed by atoms with E-state index < -0.39 is 5.92 Å². The SMILES string of the molecule is O=C(c1ccccc1)c1cc(Cl)ccc1N1C[C@H](C(=O)Nc2ccc3c(c2)oc2ccccc23)CC1=O. The van der Waals surface area contributed by atoms with Crippen molar-refractivity contribution in [2.24, 2.45) is 5.92 Å². The predicted octanol–water partition coefficient (Wildman–Crippen LogP) is 6.46. The lowest BCUT2D eigenvalue weighted by Crippen LogP contribution is -2.29. The Bertz CT molecular complexity index is 1690. The van der Waals surface area contributed by atoms with Gasteiger partial charge >= 0.3 is 0 Å². The number of furan rings is 1. The van der Waals surface area contributed by atoms with Gasteiger partial charge in [-0.15, -0.1) is 0 Å². The number of ketones is 1. The maximum Gasteiger partial charge on any atom is 0.229 e. The van der Waals surface area contributed by atoms with Gasteiger partial charge in [0.15, 0.2) is 5.78 Å². The minimum Gasteiger partial charge on any atom is -0.456 e. The van der Waals surface area contributed by atoms with Gasteiger partial charge in [0, 0.05) is 51.6 Å². The number of nitrogens with zero attached hydrogens (tertiary/aromatic N) is 1. The van der Waals surface area contributed by atoms with Gasteiger partial charge < -0.3 is 14.6 Å². The van der Waals surface area contributed by atoms with Gasteiger partial charge in [0.1, 0.15) is 11.2 Å². The summed E-state index contributed by atoms with van der Waals surface area (Å²) in [6, 6.07) is 27.0. The number of benzene rings is 4. The molecule has 1 atom stereocenters. The summed E-state index contributed by atoms with van der Waals surface area (Å²) in [4.78, 5) is 40.9. The molecule has 1 aromatic heterocycles. The van der Waals surface area contributed by atoms with Crippen LogP contribution in [-0.2, 0) is 9.59 Å². The summed E-state index contributed by atoms with van der Waals surface area (Å²) in [7, 11) is 0. The first-order chi connectivity index (χ1) is 18.0. The van der Waals surface area contributed by atoms with Gasteiger partial charge in [-0.1, -0.05) is 60.1 Å². The molecule has 1 fully saturated rings. The van der Waals surface area contributed by atoms with E-state index in [1.54, 1.807) is 48.5 Å². The van der Waals surface area contributed by atoms with Crippen molar-refractivity contribution in [3.05, 3.63) is 107 Å². The second kappa shape index (κ2) is 9.22. The lowest BCUT2D eigenvalue weighted by Gasteiger charge is -2.20. The highest BCUT2D eigenvalue weighted by Gasteiger charge is 2.37. The number of anilines is 2. The van der Waals surface area contributed by atoms with Crippen molar-refractivity contribution in [3.63, 3.8) is 0 Å². The van der Waals surface area contributed by atoms with Crippen LogP contribution in [0.1, 0.15) is 22.3 Å². The van der Waals surface area contributed by atoms with Crippen LogP contribution in [-0.4, -0.2) is 24.1 Å². The van der Waals surface area contributed by atoms with E-state index in [1.165, 1.54) is 4.90 Å². The number of hydrogen-bond acceptors (Lipinski definition) is 4. The molecule has 0 aliphatic carbocycles. The van der Waals surface area contributed by atoms with E-state index in [1.807, 2.05) is 42.5 Å². The molecule has 6 rings (SSSR count). The minimum atomic E-state index is -0.575. The van der Waals surface area contributed by atoms with Gasteiger partial charge in [-0.3, -0.25) is 14.4 Å². The molecule has 5 aromatic rings. The molecular formula is C30H21ClN2O4. The number of carbonyl (C=O) groups is 3. The second-order valence-electron chi connectivity index (χ2n) is 9.06. The number of hydrogen-bond donors (Lipinski definition) is 1. The maximum absolute atomic E-state index is 13.2. The number of amides is 2. The maximum atomic E-state index is 13.2. The molecule has 0 bridgehead atoms. The summed E-state index contributed by atoms with van der Waals surface area (Å²) in [5.74, 6) is -1.30. The van der Waals surface area contributed by atoms with Crippen LogP contribution in [0.5, 0.6) is 0 Å². The van der Waals surface area contributed by atoms with Crippen molar-refractivity contribution in [1.82, 2.24) is 0 Å². The van der Waals surface area contributed by atoms with Gasteiger partial charge in [-0.05, 0) is 36.4 Å². The number of carbonyl (C=O) groups excluding carboxylic acids is 3. The van der Waals surface area contributed by atoms with Crippen molar-refractivity contribution in [2.75, 3.05) is 16.8 Å². The Balaban J connectivity index is 1.23. The van der Waals surface area contributed by atoms with Crippen molar-refractivity contribution < 1.29 is 18.8 Å². The Morgan fingerprint density at radius 3 is 2.46 bits per heavy atom. The molecule has 2 heterocycles. The van der Waals surface area contributed by atoms with Crippen LogP contribution < -0.4 is 10.2 Å². The zero-order valence-corrected chi connectivity index (χ0v) is 20.4. The van der Waals surface area contributed by atoms with Crippen molar-refractivity contribution in [2.45, 2.75) is 6.42 Å². The molecule has 1 saturated heterocycles. The van der Waals surface area contributed by atoms with Crippen LogP contribution in [0, 0.1) is 5.92 Å². The van der Waals surface area contributed by atoms with Gasteiger partial charge in [-0.25, -0.2) is 0 Å². The fraction of sp³-hybridized carbons (Fsp3) is 0.100. The molecule has 1 aliphatic heterocycles. The summed E-state index contributed by atoms with van der Waals surface area (Å²) in [5, 5.41) is 5.29. The van der Waals surface area contributed by atoms with E-state index in [0.29, 0.717) is 33.1 Å². The minimum absolute atomic E-state index is 0.0420. The summed E-state index contributed by atoms with van der Waals surface area (Å²) >= 11 is 6.20. The smallest absolute Gasteiger partial charge is 0.229 e. The molecule has 0 saturated carbocycles. The molecule has 0 spiro atoms. The highest BCUT2D eigenvalue weighted by Crippen LogP contribution is 2.33. The van der Waals surface area contributed by atoms with Crippen LogP contribution in [0.3, 0.4) is 0 Å². The topological polar surface area (TPSA) is 79.6 Å². The summed E-state index contributed by atoms with van der Waals surface area (Å²) in [6.07, 6.45) is 0.0420. The van der Waals surface area contributed by atoms with Crippen LogP contribution in [0.15, 0.2) is 95.4 Å². The standard InChI is InChI=1S/C30H21ClN2O4/c31-20-10-13-25(24(15-20)29(35)18-6-2-1-3-7-18)33-17-19(14-28(33)34)30(36)32-21-11-12-23-22-8-4-5-9-26(22)37-27(23)16-21/h1-13,15-16,19H,14,17H2,(H,32,36)/t19-/m1/s1. The monoisotopic (exact) mass is 508 g/mol. The molecule has 6 nitrogen and oxygen atoms in total. The first kappa shape index (κ1) is 23.0. The molecule has 7 heteroatoms. The zero-order chi connectivity index (χ0) is 25.5. The Morgan fingerprint density at radius 2 is 1.62 bits per heavy atom. The molecule has 4 aromatic carbocycles. The van der Waals surface area contributed by atoms with E-state index in [0.717, 1.165) is 16.4 Å². The van der Waals surface area contributed by atoms with Crippen molar-refractivity contribution >= 4 is 62.5 Å². The highest BCUT2D eigenvalue weighted by molar-refractivity contribution is 6.31. The van der Waals surface area contributed by atoms with Crippen LogP contribution in [0.4, 0.5) is 11.4 Å². The Morgan fingerprint density at radius 1 is 0.865 bits per heavy atom. The molecule has 2 amide bonds. The van der Waals surface area contributed by atoms with Crippen LogP contribution >= 0.6 is 11.6 Å². The molecule has 0 radical (unpaired) electrons. The lowest BCUT2D eigenvalue weighted by atomic mass is 10.0. The third kappa shape index (κ3) is 4.26. The lowest BCUT2D eigenvalue weighted by molar-refractivity contribution is -0.122. The number of nitrogens with one attached hydrogen (secondary N) is 1. The third-order valence-corrected chi connectivity index (χ3v) is 6.91. The molecule has 182 valence electrons. The first-order valence-electron chi connectivity index (χ1n) is 11.9. The van der Waals surface area contributed by atoms with Gasteiger partial charge in [0.05, 0.1) is 11.6 Å². The van der Waals surface area contributed by atoms with Crippen molar-refractivity contribution in [1.29, 1.82) is 0 Å². The van der Waals surface area contributed by atoms with E-state index in [-0.39, 0.29) is 30.6 Å². The van der Waals surface area contributed by atoms with Gasteiger partial charge in [-0.2, -0.15) is 0 Å². The van der Waals surface area contributed by atoms with Crippen LogP contribution in [0.2, 0.25) is 5.02 Å². The predicted molar refractivity (Wildman–Crippen MR) is 144 cm³/mol. The third-order valence-electron chi connectivity index (χ3n) is 6.67. The second-order valence-corrected chi connectivity index (χ2v) is 9.50. The van der Waals surface area contributed by atoms with Gasteiger partial charge in [0.2, 0.25) is 11.8 Å². The van der Waals surface area contributed by atoms with Crippen molar-refractivity contribution in [3.8, 4) is 0 Å². The molecule has 1 N–H and O–H groups in total. The molecular weight excluding hydrogens is 488 g/mol. The normalized spacial score (nSPS) is 15.4. The summed E-state index contributed by atoms with van der Waals surface area (Å²) in [6.45, 7) is 0.161. The number of para-hydroxylation sites is 1. The van der Waals surface area contributed by atoms with Gasteiger partial charge in [0.25, 0.3) is 0 Å². The Kier molecular flexibility index (Phi) is 5.74. The molecule has 0 unspecified atom stereocenters. The quantitative estimate of drug-likeness (QED) is 0.276.